The summed E-state index contributed by atoms with van der Waals surface area (Å²) in [6.45, 7) is 6.15. The van der Waals surface area contributed by atoms with Crippen molar-refractivity contribution in [1.82, 2.24) is 10.3 Å². The topological polar surface area (TPSA) is 62.0 Å². The number of amides is 1. The number of hydrogen-bond donors (Lipinski definition) is 2. The van der Waals surface area contributed by atoms with Crippen molar-refractivity contribution in [1.29, 1.82) is 0 Å². The van der Waals surface area contributed by atoms with Gasteiger partial charge in [0.25, 0.3) is 11.5 Å². The van der Waals surface area contributed by atoms with Crippen molar-refractivity contribution in [2.24, 2.45) is 0 Å². The van der Waals surface area contributed by atoms with Crippen LogP contribution in [-0.2, 0) is 6.54 Å². The molecule has 0 unspecified atom stereocenters. The molecule has 122 valence electrons. The van der Waals surface area contributed by atoms with Gasteiger partial charge in [0.1, 0.15) is 0 Å². The standard InChI is InChI=1S/C20H20N2O2/c1-12-5-4-6-16(9-12)19(23)21-11-17-10-15-8-7-13(2)14(3)18(15)22-20(17)24/h4-10H,11H2,1-3H3,(H,21,23)(H,22,24). The van der Waals surface area contributed by atoms with Gasteiger partial charge < -0.3 is 10.3 Å². The molecule has 0 spiro atoms. The number of rotatable bonds is 3. The van der Waals surface area contributed by atoms with Crippen LogP contribution in [0.25, 0.3) is 10.9 Å². The fraction of sp³-hybridized carbons (Fsp3) is 0.200. The van der Waals surface area contributed by atoms with Gasteiger partial charge in [-0.1, -0.05) is 29.8 Å². The number of H-pyrrole nitrogens is 1. The highest BCUT2D eigenvalue weighted by Gasteiger charge is 2.09. The number of hydrogen-bond acceptors (Lipinski definition) is 2. The average Bonchev–Trinajstić information content (AvgIpc) is 2.57. The van der Waals surface area contributed by atoms with Crippen LogP contribution in [0.1, 0.15) is 32.6 Å². The maximum Gasteiger partial charge on any atom is 0.253 e. The van der Waals surface area contributed by atoms with Crippen LogP contribution in [0.3, 0.4) is 0 Å². The number of nitrogens with one attached hydrogen (secondary N) is 2. The molecule has 1 heterocycles. The van der Waals surface area contributed by atoms with Crippen molar-refractivity contribution < 1.29 is 4.79 Å². The minimum Gasteiger partial charge on any atom is -0.348 e. The van der Waals surface area contributed by atoms with Crippen LogP contribution >= 0.6 is 0 Å². The van der Waals surface area contributed by atoms with Gasteiger partial charge >= 0.3 is 0 Å². The number of aromatic amines is 1. The predicted octanol–water partition coefficient (Wildman–Crippen LogP) is 3.38. The van der Waals surface area contributed by atoms with Crippen molar-refractivity contribution >= 4 is 16.8 Å². The Labute approximate surface area is 140 Å². The summed E-state index contributed by atoms with van der Waals surface area (Å²) in [5, 5.41) is 3.78. The highest BCUT2D eigenvalue weighted by atomic mass is 16.1. The Hall–Kier alpha value is -2.88. The number of benzene rings is 2. The lowest BCUT2D eigenvalue weighted by Gasteiger charge is -2.09. The molecule has 0 aliphatic heterocycles. The second kappa shape index (κ2) is 6.32. The monoisotopic (exact) mass is 320 g/mol. The summed E-state index contributed by atoms with van der Waals surface area (Å²) in [6.07, 6.45) is 0. The second-order valence-electron chi connectivity index (χ2n) is 6.15. The maximum absolute atomic E-state index is 12.3. The van der Waals surface area contributed by atoms with Gasteiger partial charge in [-0.3, -0.25) is 9.59 Å². The molecule has 24 heavy (non-hydrogen) atoms. The lowest BCUT2D eigenvalue weighted by atomic mass is 10.0. The molecule has 0 atom stereocenters. The summed E-state index contributed by atoms with van der Waals surface area (Å²) < 4.78 is 0. The SMILES string of the molecule is Cc1cccc(C(=O)NCc2cc3ccc(C)c(C)c3[nH]c2=O)c1. The Morgan fingerprint density at radius 3 is 2.62 bits per heavy atom. The van der Waals surface area contributed by atoms with Gasteiger partial charge in [0, 0.05) is 17.7 Å². The largest absolute Gasteiger partial charge is 0.348 e. The Kier molecular flexibility index (Phi) is 4.21. The van der Waals surface area contributed by atoms with E-state index in [1.165, 1.54) is 0 Å². The smallest absolute Gasteiger partial charge is 0.253 e. The van der Waals surface area contributed by atoms with Gasteiger partial charge in [-0.2, -0.15) is 0 Å². The Morgan fingerprint density at radius 1 is 1.08 bits per heavy atom. The molecular formula is C20H20N2O2. The van der Waals surface area contributed by atoms with Crippen LogP contribution in [0, 0.1) is 20.8 Å². The number of aryl methyl sites for hydroxylation is 3. The van der Waals surface area contributed by atoms with Gasteiger partial charge in [-0.05, 0) is 55.5 Å². The van der Waals surface area contributed by atoms with Crippen LogP contribution < -0.4 is 10.9 Å². The van der Waals surface area contributed by atoms with E-state index in [-0.39, 0.29) is 18.0 Å². The van der Waals surface area contributed by atoms with Crippen molar-refractivity contribution in [2.45, 2.75) is 27.3 Å². The summed E-state index contributed by atoms with van der Waals surface area (Å²) in [5.74, 6) is -0.182. The molecule has 0 saturated heterocycles. The van der Waals surface area contributed by atoms with Gasteiger partial charge in [-0.15, -0.1) is 0 Å². The third-order valence-electron chi connectivity index (χ3n) is 4.35. The van der Waals surface area contributed by atoms with Crippen LogP contribution in [0.2, 0.25) is 0 Å². The number of fused-ring (bicyclic) bond motifs is 1. The van der Waals surface area contributed by atoms with E-state index in [0.29, 0.717) is 11.1 Å². The van der Waals surface area contributed by atoms with Crippen molar-refractivity contribution in [3.8, 4) is 0 Å². The number of carbonyl (C=O) groups excluding carboxylic acids is 1. The molecule has 0 bridgehead atoms. The van der Waals surface area contributed by atoms with Gasteiger partial charge in [0.15, 0.2) is 0 Å². The van der Waals surface area contributed by atoms with E-state index in [1.807, 2.05) is 57.2 Å². The van der Waals surface area contributed by atoms with Crippen LogP contribution in [0.4, 0.5) is 0 Å². The molecule has 0 saturated carbocycles. The summed E-state index contributed by atoms with van der Waals surface area (Å²) in [7, 11) is 0. The summed E-state index contributed by atoms with van der Waals surface area (Å²) in [6, 6.07) is 13.2. The number of pyridine rings is 1. The first-order valence-electron chi connectivity index (χ1n) is 7.92. The first kappa shape index (κ1) is 16.0. The molecule has 2 aromatic carbocycles. The average molecular weight is 320 g/mol. The molecule has 4 heteroatoms. The molecule has 0 aliphatic carbocycles. The van der Waals surface area contributed by atoms with E-state index in [2.05, 4.69) is 10.3 Å². The van der Waals surface area contributed by atoms with E-state index < -0.39 is 0 Å². The van der Waals surface area contributed by atoms with Gasteiger partial charge in [-0.25, -0.2) is 0 Å². The molecule has 0 aliphatic rings. The molecule has 0 radical (unpaired) electrons. The molecule has 4 nitrogen and oxygen atoms in total. The number of carbonyl (C=O) groups is 1. The van der Waals surface area contributed by atoms with E-state index in [4.69, 9.17) is 0 Å². The predicted molar refractivity (Wildman–Crippen MR) is 96.4 cm³/mol. The van der Waals surface area contributed by atoms with Crippen LogP contribution in [0.15, 0.2) is 47.3 Å². The normalized spacial score (nSPS) is 10.8. The third-order valence-corrected chi connectivity index (χ3v) is 4.35. The Balaban J connectivity index is 1.85. The minimum atomic E-state index is -0.182. The molecular weight excluding hydrogens is 300 g/mol. The zero-order valence-corrected chi connectivity index (χ0v) is 14.1. The molecule has 1 aromatic heterocycles. The van der Waals surface area contributed by atoms with Gasteiger partial charge in [0.05, 0.1) is 5.52 Å². The fourth-order valence-corrected chi connectivity index (χ4v) is 2.77. The van der Waals surface area contributed by atoms with E-state index >= 15 is 0 Å². The molecule has 0 fully saturated rings. The zero-order valence-electron chi connectivity index (χ0n) is 14.1. The summed E-state index contributed by atoms with van der Waals surface area (Å²) in [4.78, 5) is 27.4. The minimum absolute atomic E-state index is 0.166. The summed E-state index contributed by atoms with van der Waals surface area (Å²) in [5.41, 5.74) is 5.07. The van der Waals surface area contributed by atoms with E-state index in [0.717, 1.165) is 27.6 Å². The lowest BCUT2D eigenvalue weighted by molar-refractivity contribution is 0.0950. The summed E-state index contributed by atoms with van der Waals surface area (Å²) >= 11 is 0. The van der Waals surface area contributed by atoms with Crippen molar-refractivity contribution in [2.75, 3.05) is 0 Å². The quantitative estimate of drug-likeness (QED) is 0.777. The third kappa shape index (κ3) is 3.08. The van der Waals surface area contributed by atoms with Crippen LogP contribution in [0.5, 0.6) is 0 Å². The van der Waals surface area contributed by atoms with Gasteiger partial charge in [0.2, 0.25) is 0 Å². The number of aromatic nitrogens is 1. The Bertz CT molecular complexity index is 987. The molecule has 3 aromatic rings. The fourth-order valence-electron chi connectivity index (χ4n) is 2.77. The highest BCUT2D eigenvalue weighted by Crippen LogP contribution is 2.18. The zero-order chi connectivity index (χ0) is 17.3. The van der Waals surface area contributed by atoms with Crippen molar-refractivity contribution in [3.63, 3.8) is 0 Å². The molecule has 3 rings (SSSR count). The highest BCUT2D eigenvalue weighted by molar-refractivity contribution is 5.94. The molecule has 1 amide bonds. The van der Waals surface area contributed by atoms with E-state index in [9.17, 15) is 9.59 Å². The van der Waals surface area contributed by atoms with Crippen LogP contribution in [-0.4, -0.2) is 10.9 Å². The van der Waals surface area contributed by atoms with E-state index in [1.54, 1.807) is 6.07 Å². The Morgan fingerprint density at radius 2 is 1.88 bits per heavy atom. The molecule has 2 N–H and O–H groups in total. The first-order valence-corrected chi connectivity index (χ1v) is 7.92. The maximum atomic E-state index is 12.3. The van der Waals surface area contributed by atoms with Crippen molar-refractivity contribution in [3.05, 3.63) is 80.6 Å². The lowest BCUT2D eigenvalue weighted by Crippen LogP contribution is -2.26. The second-order valence-corrected chi connectivity index (χ2v) is 6.15. The first-order chi connectivity index (χ1) is 11.5.